The van der Waals surface area contributed by atoms with E-state index < -0.39 is 11.8 Å². The van der Waals surface area contributed by atoms with Crippen LogP contribution in [0.4, 0.5) is 11.4 Å². The van der Waals surface area contributed by atoms with Crippen LogP contribution in [0.3, 0.4) is 0 Å². The van der Waals surface area contributed by atoms with Crippen LogP contribution in [0.2, 0.25) is 0 Å². The van der Waals surface area contributed by atoms with E-state index in [4.69, 9.17) is 4.74 Å². The van der Waals surface area contributed by atoms with Crippen molar-refractivity contribution in [3.8, 4) is 5.75 Å². The van der Waals surface area contributed by atoms with E-state index in [0.29, 0.717) is 35.9 Å². The van der Waals surface area contributed by atoms with Gasteiger partial charge in [0, 0.05) is 21.8 Å². The van der Waals surface area contributed by atoms with Gasteiger partial charge in [0.25, 0.3) is 11.8 Å². The highest BCUT2D eigenvalue weighted by atomic mass is 32.2. The number of hydrogen-bond acceptors (Lipinski definition) is 5. The summed E-state index contributed by atoms with van der Waals surface area (Å²) in [6.45, 7) is 8.69. The molecular formula is C37H39N3O4S. The van der Waals surface area contributed by atoms with Gasteiger partial charge in [0.05, 0.1) is 11.9 Å². The molecule has 8 heteroatoms. The Labute approximate surface area is 269 Å². The number of ether oxygens (including phenoxy) is 1. The normalized spacial score (nSPS) is 11.9. The molecule has 0 fully saturated rings. The predicted molar refractivity (Wildman–Crippen MR) is 184 cm³/mol. The predicted octanol–water partition coefficient (Wildman–Crippen LogP) is 8.13. The molecule has 0 aromatic heterocycles. The summed E-state index contributed by atoms with van der Waals surface area (Å²) in [7, 11) is 0. The third kappa shape index (κ3) is 9.84. The first kappa shape index (κ1) is 33.1. The van der Waals surface area contributed by atoms with Crippen molar-refractivity contribution in [1.82, 2.24) is 5.32 Å². The van der Waals surface area contributed by atoms with E-state index in [1.165, 1.54) is 17.3 Å². The maximum Gasteiger partial charge on any atom is 0.272 e. The van der Waals surface area contributed by atoms with Gasteiger partial charge in [-0.25, -0.2) is 0 Å². The standard InChI is InChI=1S/C37H39N3O4S/c1-5-34(37(43)38-29-19-17-27(18-20-29)25(3)4)45-32-14-10-13-30(24-32)39-36(42)33(40-35(41)28-11-8-7-9-12-28)23-26-15-21-31(22-16-26)44-6-2/h7-25,34H,5-6H2,1-4H3,(H,38,43)(H,39,42)(H,40,41)/b33-23+. The van der Waals surface area contributed by atoms with Crippen molar-refractivity contribution in [2.24, 2.45) is 0 Å². The highest BCUT2D eigenvalue weighted by Crippen LogP contribution is 2.29. The summed E-state index contributed by atoms with van der Waals surface area (Å²) in [6, 6.07) is 31.2. The second kappa shape index (κ2) is 16.3. The topological polar surface area (TPSA) is 96.5 Å². The fourth-order valence-electron chi connectivity index (χ4n) is 4.44. The van der Waals surface area contributed by atoms with Crippen LogP contribution in [0.1, 0.15) is 61.5 Å². The molecule has 0 saturated carbocycles. The van der Waals surface area contributed by atoms with Gasteiger partial charge in [0.1, 0.15) is 11.4 Å². The molecule has 4 aromatic carbocycles. The van der Waals surface area contributed by atoms with Crippen molar-refractivity contribution in [1.29, 1.82) is 0 Å². The molecule has 1 atom stereocenters. The minimum absolute atomic E-state index is 0.0837. The summed E-state index contributed by atoms with van der Waals surface area (Å²) in [5.41, 5.74) is 3.74. The Bertz CT molecular complexity index is 1620. The zero-order valence-corrected chi connectivity index (χ0v) is 26.8. The van der Waals surface area contributed by atoms with Gasteiger partial charge < -0.3 is 20.7 Å². The fraction of sp³-hybridized carbons (Fsp3) is 0.216. The maximum atomic E-state index is 13.5. The van der Waals surface area contributed by atoms with E-state index >= 15 is 0 Å². The fourth-order valence-corrected chi connectivity index (χ4v) is 5.46. The molecule has 4 aromatic rings. The van der Waals surface area contributed by atoms with Gasteiger partial charge in [0.15, 0.2) is 0 Å². The number of anilines is 2. The van der Waals surface area contributed by atoms with E-state index in [1.807, 2.05) is 86.6 Å². The van der Waals surface area contributed by atoms with Gasteiger partial charge in [-0.15, -0.1) is 11.8 Å². The number of rotatable bonds is 13. The lowest BCUT2D eigenvalue weighted by Gasteiger charge is -2.16. The zero-order valence-electron chi connectivity index (χ0n) is 26.0. The van der Waals surface area contributed by atoms with Crippen molar-refractivity contribution in [3.63, 3.8) is 0 Å². The molecular weight excluding hydrogens is 582 g/mol. The van der Waals surface area contributed by atoms with Crippen molar-refractivity contribution >= 4 is 46.9 Å². The van der Waals surface area contributed by atoms with Crippen LogP contribution in [-0.2, 0) is 9.59 Å². The number of thioether (sulfide) groups is 1. The number of nitrogens with one attached hydrogen (secondary N) is 3. The molecule has 0 radical (unpaired) electrons. The first-order valence-corrected chi connectivity index (χ1v) is 15.9. The SMILES string of the molecule is CCOc1ccc(/C=C(/NC(=O)c2ccccc2)C(=O)Nc2cccc(SC(CC)C(=O)Nc3ccc(C(C)C)cc3)c2)cc1. The summed E-state index contributed by atoms with van der Waals surface area (Å²) in [5.74, 6) is 0.165. The number of amides is 3. The third-order valence-electron chi connectivity index (χ3n) is 6.91. The largest absolute Gasteiger partial charge is 0.494 e. The van der Waals surface area contributed by atoms with E-state index in [9.17, 15) is 14.4 Å². The Balaban J connectivity index is 1.48. The molecule has 0 aliphatic rings. The van der Waals surface area contributed by atoms with Crippen molar-refractivity contribution in [2.45, 2.75) is 50.2 Å². The lowest BCUT2D eigenvalue weighted by atomic mass is 10.0. The van der Waals surface area contributed by atoms with E-state index in [-0.39, 0.29) is 16.9 Å². The monoisotopic (exact) mass is 621 g/mol. The van der Waals surface area contributed by atoms with Gasteiger partial charge >= 0.3 is 0 Å². The van der Waals surface area contributed by atoms with E-state index in [0.717, 1.165) is 16.1 Å². The summed E-state index contributed by atoms with van der Waals surface area (Å²) in [6.07, 6.45) is 2.24. The highest BCUT2D eigenvalue weighted by molar-refractivity contribution is 8.00. The average Bonchev–Trinajstić information content (AvgIpc) is 3.05. The van der Waals surface area contributed by atoms with Gasteiger partial charge in [-0.05, 0) is 91.1 Å². The number of benzene rings is 4. The molecule has 0 saturated heterocycles. The van der Waals surface area contributed by atoms with Gasteiger partial charge in [-0.3, -0.25) is 14.4 Å². The molecule has 4 rings (SSSR count). The molecule has 3 N–H and O–H groups in total. The molecule has 0 bridgehead atoms. The molecule has 3 amide bonds. The average molecular weight is 622 g/mol. The first-order chi connectivity index (χ1) is 21.7. The van der Waals surface area contributed by atoms with Crippen LogP contribution in [0.25, 0.3) is 6.08 Å². The summed E-state index contributed by atoms with van der Waals surface area (Å²) < 4.78 is 5.52. The van der Waals surface area contributed by atoms with Crippen LogP contribution in [-0.4, -0.2) is 29.6 Å². The van der Waals surface area contributed by atoms with Crippen LogP contribution in [0.5, 0.6) is 5.75 Å². The molecule has 1 unspecified atom stereocenters. The lowest BCUT2D eigenvalue weighted by molar-refractivity contribution is -0.116. The number of carbonyl (C=O) groups excluding carboxylic acids is 3. The smallest absolute Gasteiger partial charge is 0.272 e. The molecule has 232 valence electrons. The van der Waals surface area contributed by atoms with Crippen molar-refractivity contribution < 1.29 is 19.1 Å². The van der Waals surface area contributed by atoms with E-state index in [1.54, 1.807) is 36.4 Å². The molecule has 45 heavy (non-hydrogen) atoms. The molecule has 0 aliphatic heterocycles. The van der Waals surface area contributed by atoms with Gasteiger partial charge in [0.2, 0.25) is 5.91 Å². The van der Waals surface area contributed by atoms with Crippen molar-refractivity contribution in [3.05, 3.63) is 126 Å². The number of carbonyl (C=O) groups is 3. The van der Waals surface area contributed by atoms with Gasteiger partial charge in [-0.2, -0.15) is 0 Å². The van der Waals surface area contributed by atoms with Gasteiger partial charge in [-0.1, -0.05) is 69.3 Å². The van der Waals surface area contributed by atoms with Crippen LogP contribution >= 0.6 is 11.8 Å². The summed E-state index contributed by atoms with van der Waals surface area (Å²) >= 11 is 1.43. The lowest BCUT2D eigenvalue weighted by Crippen LogP contribution is -2.30. The molecule has 0 heterocycles. The third-order valence-corrected chi connectivity index (χ3v) is 8.27. The molecule has 0 spiro atoms. The highest BCUT2D eigenvalue weighted by Gasteiger charge is 2.19. The second-order valence-corrected chi connectivity index (χ2v) is 11.9. The minimum Gasteiger partial charge on any atom is -0.494 e. The Morgan fingerprint density at radius 2 is 1.51 bits per heavy atom. The van der Waals surface area contributed by atoms with Crippen molar-refractivity contribution in [2.75, 3.05) is 17.2 Å². The van der Waals surface area contributed by atoms with E-state index in [2.05, 4.69) is 29.8 Å². The van der Waals surface area contributed by atoms with Crippen LogP contribution in [0.15, 0.2) is 114 Å². The zero-order chi connectivity index (χ0) is 32.2. The van der Waals surface area contributed by atoms with Crippen LogP contribution in [0, 0.1) is 0 Å². The summed E-state index contributed by atoms with van der Waals surface area (Å²) in [5, 5.41) is 8.36. The summed E-state index contributed by atoms with van der Waals surface area (Å²) in [4.78, 5) is 40.5. The Morgan fingerprint density at radius 3 is 2.16 bits per heavy atom. The minimum atomic E-state index is -0.482. The first-order valence-electron chi connectivity index (χ1n) is 15.1. The molecule has 7 nitrogen and oxygen atoms in total. The maximum absolute atomic E-state index is 13.5. The Hall–Kier alpha value is -4.82. The second-order valence-electron chi connectivity index (χ2n) is 10.6. The van der Waals surface area contributed by atoms with Crippen LogP contribution < -0.4 is 20.7 Å². The Kier molecular flexibility index (Phi) is 12.0. The Morgan fingerprint density at radius 1 is 0.800 bits per heavy atom. The number of hydrogen-bond donors (Lipinski definition) is 3. The molecule has 0 aliphatic carbocycles. The quantitative estimate of drug-likeness (QED) is 0.103.